The number of nitrogens with one attached hydrogen (secondary N) is 1. The maximum absolute atomic E-state index is 12.4. The summed E-state index contributed by atoms with van der Waals surface area (Å²) in [5.41, 5.74) is 0.616. The van der Waals surface area contributed by atoms with Gasteiger partial charge in [0.2, 0.25) is 10.0 Å². The molecule has 0 radical (unpaired) electrons. The lowest BCUT2D eigenvalue weighted by Crippen LogP contribution is -2.40. The molecule has 0 spiro atoms. The van der Waals surface area contributed by atoms with Gasteiger partial charge in [-0.2, -0.15) is 0 Å². The molecular weight excluding hydrogens is 290 g/mol. The van der Waals surface area contributed by atoms with Gasteiger partial charge in [-0.25, -0.2) is 13.1 Å². The van der Waals surface area contributed by atoms with Gasteiger partial charge in [0.25, 0.3) is 0 Å². The quantitative estimate of drug-likeness (QED) is 0.779. The highest BCUT2D eigenvalue weighted by atomic mass is 32.2. The molecule has 120 valence electrons. The number of hydrogen-bond acceptors (Lipinski definition) is 4. The number of rotatable bonds is 7. The Hall–Kier alpha value is -0.890. The van der Waals surface area contributed by atoms with Crippen molar-refractivity contribution in [1.82, 2.24) is 14.2 Å². The van der Waals surface area contributed by atoms with E-state index in [-0.39, 0.29) is 17.5 Å². The largest absolute Gasteiger partial charge is 0.390 e. The van der Waals surface area contributed by atoms with Crippen LogP contribution in [0.2, 0.25) is 0 Å². The molecule has 1 fully saturated rings. The van der Waals surface area contributed by atoms with E-state index in [1.54, 1.807) is 10.8 Å². The van der Waals surface area contributed by atoms with Crippen LogP contribution < -0.4 is 4.72 Å². The highest BCUT2D eigenvalue weighted by Crippen LogP contribution is 2.16. The van der Waals surface area contributed by atoms with Crippen LogP contribution >= 0.6 is 0 Å². The normalized spacial score (nSPS) is 18.2. The van der Waals surface area contributed by atoms with Crippen molar-refractivity contribution in [3.63, 3.8) is 0 Å². The third kappa shape index (κ3) is 4.06. The zero-order valence-electron chi connectivity index (χ0n) is 12.7. The molecule has 0 aliphatic carbocycles. The van der Waals surface area contributed by atoms with E-state index in [2.05, 4.69) is 9.62 Å². The van der Waals surface area contributed by atoms with E-state index in [9.17, 15) is 13.5 Å². The van der Waals surface area contributed by atoms with E-state index in [0.717, 1.165) is 19.6 Å². The van der Waals surface area contributed by atoms with Crippen molar-refractivity contribution in [2.75, 3.05) is 19.6 Å². The second kappa shape index (κ2) is 6.91. The van der Waals surface area contributed by atoms with Crippen LogP contribution in [-0.2, 0) is 23.2 Å². The summed E-state index contributed by atoms with van der Waals surface area (Å²) >= 11 is 0. The van der Waals surface area contributed by atoms with Gasteiger partial charge in [0, 0.05) is 31.0 Å². The minimum atomic E-state index is -3.53. The predicted octanol–water partition coefficient (Wildman–Crippen LogP) is 0.763. The number of likely N-dealkylation sites (tertiary alicyclic amines) is 1. The Kier molecular flexibility index (Phi) is 5.43. The summed E-state index contributed by atoms with van der Waals surface area (Å²) in [6, 6.07) is 1.41. The number of aryl methyl sites for hydroxylation is 1. The van der Waals surface area contributed by atoms with Crippen molar-refractivity contribution in [1.29, 1.82) is 0 Å². The molecule has 1 aromatic heterocycles. The summed E-state index contributed by atoms with van der Waals surface area (Å²) in [5.74, 6) is 0. The highest BCUT2D eigenvalue weighted by Gasteiger charge is 2.22. The first-order chi connectivity index (χ1) is 9.96. The minimum absolute atomic E-state index is 0.129. The van der Waals surface area contributed by atoms with E-state index in [0.29, 0.717) is 12.2 Å². The van der Waals surface area contributed by atoms with Crippen LogP contribution in [0.4, 0.5) is 0 Å². The minimum Gasteiger partial charge on any atom is -0.390 e. The predicted molar refractivity (Wildman–Crippen MR) is 81.5 cm³/mol. The van der Waals surface area contributed by atoms with Crippen molar-refractivity contribution >= 4 is 10.0 Å². The first-order valence-electron chi connectivity index (χ1n) is 7.51. The molecule has 0 saturated carbocycles. The van der Waals surface area contributed by atoms with Gasteiger partial charge in [-0.3, -0.25) is 0 Å². The second-order valence-electron chi connectivity index (χ2n) is 5.64. The zero-order chi connectivity index (χ0) is 15.5. The van der Waals surface area contributed by atoms with Gasteiger partial charge in [0.05, 0.1) is 11.5 Å². The van der Waals surface area contributed by atoms with Crippen molar-refractivity contribution < 1.29 is 13.5 Å². The first-order valence-corrected chi connectivity index (χ1v) is 8.99. The third-order valence-corrected chi connectivity index (χ3v) is 5.42. The monoisotopic (exact) mass is 315 g/mol. The van der Waals surface area contributed by atoms with Crippen LogP contribution in [0.25, 0.3) is 0 Å². The lowest BCUT2D eigenvalue weighted by molar-refractivity contribution is 0.271. The molecule has 0 amide bonds. The zero-order valence-corrected chi connectivity index (χ0v) is 13.6. The van der Waals surface area contributed by atoms with Crippen LogP contribution in [0.1, 0.15) is 32.4 Å². The Morgan fingerprint density at radius 2 is 2.05 bits per heavy atom. The van der Waals surface area contributed by atoms with Gasteiger partial charge in [0.1, 0.15) is 0 Å². The van der Waals surface area contributed by atoms with Gasteiger partial charge in [-0.1, -0.05) is 0 Å². The van der Waals surface area contributed by atoms with E-state index in [1.807, 2.05) is 13.8 Å². The SMILES string of the molecule is CCn1cc(S(=O)(=O)NC(C)CN2CCCC2)cc1CO. The summed E-state index contributed by atoms with van der Waals surface area (Å²) in [4.78, 5) is 2.51. The van der Waals surface area contributed by atoms with Crippen LogP contribution in [0.3, 0.4) is 0 Å². The van der Waals surface area contributed by atoms with Crippen LogP contribution in [0.15, 0.2) is 17.2 Å². The van der Waals surface area contributed by atoms with E-state index in [4.69, 9.17) is 0 Å². The topological polar surface area (TPSA) is 74.6 Å². The van der Waals surface area contributed by atoms with Crippen molar-refractivity contribution in [2.24, 2.45) is 0 Å². The van der Waals surface area contributed by atoms with Gasteiger partial charge in [0.15, 0.2) is 0 Å². The van der Waals surface area contributed by atoms with Gasteiger partial charge < -0.3 is 14.6 Å². The Labute approximate surface area is 126 Å². The van der Waals surface area contributed by atoms with E-state index in [1.165, 1.54) is 18.9 Å². The van der Waals surface area contributed by atoms with Gasteiger partial charge in [-0.05, 0) is 45.8 Å². The fourth-order valence-electron chi connectivity index (χ4n) is 2.82. The molecule has 1 unspecified atom stereocenters. The third-order valence-electron chi connectivity index (χ3n) is 3.86. The molecule has 0 aromatic carbocycles. The van der Waals surface area contributed by atoms with E-state index < -0.39 is 10.0 Å². The lowest BCUT2D eigenvalue weighted by Gasteiger charge is -2.20. The Bertz CT molecular complexity index is 541. The van der Waals surface area contributed by atoms with Crippen molar-refractivity contribution in [3.8, 4) is 0 Å². The summed E-state index contributed by atoms with van der Waals surface area (Å²) < 4.78 is 29.3. The standard InChI is InChI=1S/C14H25N3O3S/c1-3-17-10-14(8-13(17)11-18)21(19,20)15-12(2)9-16-6-4-5-7-16/h8,10,12,15,18H,3-7,9,11H2,1-2H3. The molecule has 7 heteroatoms. The molecule has 2 heterocycles. The maximum atomic E-state index is 12.4. The lowest BCUT2D eigenvalue weighted by atomic mass is 10.3. The summed E-state index contributed by atoms with van der Waals surface area (Å²) in [7, 11) is -3.53. The smallest absolute Gasteiger partial charge is 0.242 e. The number of nitrogens with zero attached hydrogens (tertiary/aromatic N) is 2. The maximum Gasteiger partial charge on any atom is 0.242 e. The molecule has 1 aliphatic heterocycles. The summed E-state index contributed by atoms with van der Waals surface area (Å²) in [6.45, 7) is 7.11. The van der Waals surface area contributed by atoms with Crippen molar-refractivity contribution in [3.05, 3.63) is 18.0 Å². The number of aliphatic hydroxyl groups excluding tert-OH is 1. The first kappa shape index (κ1) is 16.5. The molecule has 0 bridgehead atoms. The molecule has 1 aromatic rings. The number of sulfonamides is 1. The number of aromatic nitrogens is 1. The fraction of sp³-hybridized carbons (Fsp3) is 0.714. The Balaban J connectivity index is 2.04. The number of aliphatic hydroxyl groups is 1. The number of hydrogen-bond donors (Lipinski definition) is 2. The molecule has 1 aliphatic rings. The molecule has 1 saturated heterocycles. The summed E-state index contributed by atoms with van der Waals surface area (Å²) in [6.07, 6.45) is 3.97. The molecule has 6 nitrogen and oxygen atoms in total. The van der Waals surface area contributed by atoms with Gasteiger partial charge in [-0.15, -0.1) is 0 Å². The van der Waals surface area contributed by atoms with Gasteiger partial charge >= 0.3 is 0 Å². The molecular formula is C14H25N3O3S. The van der Waals surface area contributed by atoms with Crippen LogP contribution in [0.5, 0.6) is 0 Å². The molecule has 1 atom stereocenters. The highest BCUT2D eigenvalue weighted by molar-refractivity contribution is 7.89. The molecule has 2 N–H and O–H groups in total. The second-order valence-corrected chi connectivity index (χ2v) is 7.36. The average Bonchev–Trinajstić information content (AvgIpc) is 3.06. The summed E-state index contributed by atoms with van der Waals surface area (Å²) in [5, 5.41) is 9.26. The van der Waals surface area contributed by atoms with Crippen molar-refractivity contribution in [2.45, 2.75) is 50.8 Å². The average molecular weight is 315 g/mol. The Morgan fingerprint density at radius 3 is 2.57 bits per heavy atom. The fourth-order valence-corrected chi connectivity index (χ4v) is 4.12. The van der Waals surface area contributed by atoms with E-state index >= 15 is 0 Å². The molecule has 21 heavy (non-hydrogen) atoms. The van der Waals surface area contributed by atoms with Crippen LogP contribution in [0, 0.1) is 0 Å². The Morgan fingerprint density at radius 1 is 1.38 bits per heavy atom. The van der Waals surface area contributed by atoms with Crippen LogP contribution in [-0.4, -0.2) is 48.7 Å². The molecule has 2 rings (SSSR count).